The van der Waals surface area contributed by atoms with Crippen molar-refractivity contribution in [1.29, 1.82) is 0 Å². The highest BCUT2D eigenvalue weighted by molar-refractivity contribution is 5.79. The maximum Gasteiger partial charge on any atom is 0.245 e. The number of H-pyrrole nitrogens is 1. The van der Waals surface area contributed by atoms with E-state index in [-0.39, 0.29) is 23.6 Å². The number of hydrogen-bond acceptors (Lipinski definition) is 7. The number of aromatic nitrogens is 5. The Labute approximate surface area is 205 Å². The van der Waals surface area contributed by atoms with Crippen molar-refractivity contribution in [3.8, 4) is 5.75 Å². The number of amides is 1. The first kappa shape index (κ1) is 23.5. The molecule has 10 nitrogen and oxygen atoms in total. The van der Waals surface area contributed by atoms with Gasteiger partial charge in [0.15, 0.2) is 11.6 Å². The van der Waals surface area contributed by atoms with Crippen LogP contribution in [0.25, 0.3) is 5.52 Å². The van der Waals surface area contributed by atoms with Gasteiger partial charge in [-0.25, -0.2) is 13.3 Å². The van der Waals surface area contributed by atoms with Crippen LogP contribution < -0.4 is 15.0 Å². The first-order chi connectivity index (χ1) is 17.4. The van der Waals surface area contributed by atoms with E-state index in [1.165, 1.54) is 0 Å². The topological polar surface area (TPSA) is 104 Å². The maximum absolute atomic E-state index is 14.4. The minimum absolute atomic E-state index is 0.105. The van der Waals surface area contributed by atoms with Crippen LogP contribution in [0, 0.1) is 18.6 Å². The summed E-state index contributed by atoms with van der Waals surface area (Å²) in [4.78, 5) is 21.1. The number of aromatic amines is 1. The van der Waals surface area contributed by atoms with Gasteiger partial charge in [0.05, 0.1) is 13.0 Å². The zero-order valence-electron chi connectivity index (χ0n) is 20.0. The summed E-state index contributed by atoms with van der Waals surface area (Å²) in [6.07, 6.45) is 1.48. The molecule has 1 aromatic carbocycles. The van der Waals surface area contributed by atoms with Crippen molar-refractivity contribution >= 4 is 29.0 Å². The van der Waals surface area contributed by atoms with Crippen LogP contribution in [-0.4, -0.2) is 68.4 Å². The van der Waals surface area contributed by atoms with Crippen LogP contribution in [0.4, 0.5) is 26.4 Å². The summed E-state index contributed by atoms with van der Waals surface area (Å²) in [7, 11) is 0. The first-order valence-corrected chi connectivity index (χ1v) is 11.7. The number of piperazine rings is 1. The number of ether oxygens (including phenoxy) is 1. The Hall–Kier alpha value is -4.22. The monoisotopic (exact) mass is 496 g/mol. The van der Waals surface area contributed by atoms with Gasteiger partial charge in [-0.3, -0.25) is 9.89 Å². The Morgan fingerprint density at radius 1 is 1.17 bits per heavy atom. The van der Waals surface area contributed by atoms with Gasteiger partial charge in [0.2, 0.25) is 11.9 Å². The quantitative estimate of drug-likeness (QED) is 0.405. The van der Waals surface area contributed by atoms with Crippen LogP contribution in [-0.2, 0) is 11.2 Å². The third-order valence-corrected chi connectivity index (χ3v) is 6.00. The fourth-order valence-electron chi connectivity index (χ4n) is 4.17. The van der Waals surface area contributed by atoms with E-state index in [2.05, 4.69) is 20.6 Å². The van der Waals surface area contributed by atoms with E-state index in [0.29, 0.717) is 50.4 Å². The molecule has 1 fully saturated rings. The maximum atomic E-state index is 14.4. The highest BCUT2D eigenvalue weighted by Gasteiger charge is 2.26. The molecule has 2 N–H and O–H groups in total. The Kier molecular flexibility index (Phi) is 6.40. The number of nitrogens with zero attached hydrogens (tertiary/aromatic N) is 6. The van der Waals surface area contributed by atoms with Crippen LogP contribution >= 0.6 is 0 Å². The normalized spacial score (nSPS) is 13.9. The first-order valence-electron chi connectivity index (χ1n) is 11.7. The molecular formula is C24H26F2N8O2. The number of anilines is 3. The number of rotatable bonds is 7. The van der Waals surface area contributed by atoms with Crippen molar-refractivity contribution < 1.29 is 18.3 Å². The summed E-state index contributed by atoms with van der Waals surface area (Å²) >= 11 is 0. The SMILES string of the molecule is CCOc1cc(F)c(CC(=O)N2CCN(c3nc(Nc4cc(C)[nH]n4)c4cccn4n3)CC2)c(F)c1. The number of nitrogens with one attached hydrogen (secondary N) is 2. The number of carbonyl (C=O) groups is 1. The van der Waals surface area contributed by atoms with Crippen molar-refractivity contribution in [3.63, 3.8) is 0 Å². The second-order valence-electron chi connectivity index (χ2n) is 8.50. The molecular weight excluding hydrogens is 470 g/mol. The number of aryl methyl sites for hydroxylation is 1. The molecule has 1 aliphatic heterocycles. The second kappa shape index (κ2) is 9.80. The van der Waals surface area contributed by atoms with Gasteiger partial charge in [0.25, 0.3) is 0 Å². The molecule has 0 bridgehead atoms. The third-order valence-electron chi connectivity index (χ3n) is 6.00. The lowest BCUT2D eigenvalue weighted by Gasteiger charge is -2.35. The highest BCUT2D eigenvalue weighted by Crippen LogP contribution is 2.24. The fraction of sp³-hybridized carbons (Fsp3) is 0.333. The van der Waals surface area contributed by atoms with E-state index < -0.39 is 11.6 Å². The molecule has 5 rings (SSSR count). The standard InChI is InChI=1S/C24H26F2N8O2/c1-3-36-16-12-18(25)17(19(26)13-16)14-22(35)32-7-9-33(10-8-32)24-28-23(20-5-4-6-34(20)31-24)27-21-11-15(2)29-30-21/h4-6,11-13H,3,7-10,14H2,1-2H3,(H2,27,28,29,30,31). The number of fused-ring (bicyclic) bond motifs is 1. The summed E-state index contributed by atoms with van der Waals surface area (Å²) < 4.78 is 35.7. The average Bonchev–Trinajstić information content (AvgIpc) is 3.50. The van der Waals surface area contributed by atoms with Crippen molar-refractivity contribution in [2.24, 2.45) is 0 Å². The molecule has 0 radical (unpaired) electrons. The van der Waals surface area contributed by atoms with Gasteiger partial charge in [-0.2, -0.15) is 10.1 Å². The van der Waals surface area contributed by atoms with Gasteiger partial charge in [0.1, 0.15) is 22.9 Å². The molecule has 4 heterocycles. The van der Waals surface area contributed by atoms with E-state index in [1.807, 2.05) is 36.2 Å². The second-order valence-corrected chi connectivity index (χ2v) is 8.50. The van der Waals surface area contributed by atoms with E-state index >= 15 is 0 Å². The van der Waals surface area contributed by atoms with E-state index in [0.717, 1.165) is 23.3 Å². The molecule has 188 valence electrons. The molecule has 0 aliphatic carbocycles. The summed E-state index contributed by atoms with van der Waals surface area (Å²) in [5, 5.41) is 14.9. The van der Waals surface area contributed by atoms with Gasteiger partial charge in [0, 0.05) is 61.8 Å². The Morgan fingerprint density at radius 2 is 1.92 bits per heavy atom. The van der Waals surface area contributed by atoms with Crippen molar-refractivity contribution in [3.05, 3.63) is 59.4 Å². The summed E-state index contributed by atoms with van der Waals surface area (Å²) in [6.45, 7) is 5.66. The van der Waals surface area contributed by atoms with Gasteiger partial charge in [-0.1, -0.05) is 0 Å². The minimum atomic E-state index is -0.786. The molecule has 0 atom stereocenters. The van der Waals surface area contributed by atoms with Crippen LogP contribution in [0.1, 0.15) is 18.2 Å². The summed E-state index contributed by atoms with van der Waals surface area (Å²) in [5.41, 5.74) is 1.47. The lowest BCUT2D eigenvalue weighted by Crippen LogP contribution is -2.49. The van der Waals surface area contributed by atoms with Crippen molar-refractivity contribution in [2.75, 3.05) is 43.0 Å². The molecule has 0 spiro atoms. The Bertz CT molecular complexity index is 1370. The van der Waals surface area contributed by atoms with Gasteiger partial charge >= 0.3 is 0 Å². The van der Waals surface area contributed by atoms with Gasteiger partial charge < -0.3 is 19.9 Å². The number of hydrogen-bond donors (Lipinski definition) is 2. The number of halogens is 2. The van der Waals surface area contributed by atoms with E-state index in [4.69, 9.17) is 9.72 Å². The number of carbonyl (C=O) groups excluding carboxylic acids is 1. The molecule has 1 aliphatic rings. The fourth-order valence-corrected chi connectivity index (χ4v) is 4.17. The van der Waals surface area contributed by atoms with Crippen LogP contribution in [0.5, 0.6) is 5.75 Å². The Morgan fingerprint density at radius 3 is 2.58 bits per heavy atom. The van der Waals surface area contributed by atoms with Crippen LogP contribution in [0.2, 0.25) is 0 Å². The van der Waals surface area contributed by atoms with Crippen LogP contribution in [0.3, 0.4) is 0 Å². The summed E-state index contributed by atoms with van der Waals surface area (Å²) in [5.74, 6) is -0.0510. The molecule has 1 saturated heterocycles. The zero-order chi connectivity index (χ0) is 25.2. The number of benzene rings is 1. The molecule has 0 saturated carbocycles. The molecule has 0 unspecified atom stereocenters. The molecule has 1 amide bonds. The third kappa shape index (κ3) is 4.79. The van der Waals surface area contributed by atoms with Crippen LogP contribution in [0.15, 0.2) is 36.5 Å². The Balaban J connectivity index is 1.27. The molecule has 3 aromatic heterocycles. The predicted octanol–water partition coefficient (Wildman–Crippen LogP) is 3.07. The predicted molar refractivity (Wildman–Crippen MR) is 130 cm³/mol. The zero-order valence-corrected chi connectivity index (χ0v) is 20.0. The van der Waals surface area contributed by atoms with Crippen molar-refractivity contribution in [2.45, 2.75) is 20.3 Å². The smallest absolute Gasteiger partial charge is 0.245 e. The molecule has 36 heavy (non-hydrogen) atoms. The largest absolute Gasteiger partial charge is 0.494 e. The minimum Gasteiger partial charge on any atom is -0.494 e. The average molecular weight is 497 g/mol. The highest BCUT2D eigenvalue weighted by atomic mass is 19.1. The molecule has 4 aromatic rings. The van der Waals surface area contributed by atoms with E-state index in [1.54, 1.807) is 16.3 Å². The summed E-state index contributed by atoms with van der Waals surface area (Å²) in [6, 6.07) is 7.88. The lowest BCUT2D eigenvalue weighted by molar-refractivity contribution is -0.130. The lowest BCUT2D eigenvalue weighted by atomic mass is 10.1. The van der Waals surface area contributed by atoms with Gasteiger partial charge in [-0.05, 0) is 26.0 Å². The van der Waals surface area contributed by atoms with E-state index in [9.17, 15) is 13.6 Å². The molecule has 12 heteroatoms. The van der Waals surface area contributed by atoms with Gasteiger partial charge in [-0.15, -0.1) is 5.10 Å². The van der Waals surface area contributed by atoms with Crippen molar-refractivity contribution in [1.82, 2.24) is 29.7 Å².